The lowest BCUT2D eigenvalue weighted by Crippen LogP contribution is -2.20. The van der Waals surface area contributed by atoms with Gasteiger partial charge in [0.25, 0.3) is 5.91 Å². The number of hydrogen-bond acceptors (Lipinski definition) is 4. The second kappa shape index (κ2) is 8.20. The molecule has 0 unspecified atom stereocenters. The average molecular weight is 337 g/mol. The molecule has 1 N–H and O–H groups in total. The molecule has 0 aliphatic heterocycles. The van der Waals surface area contributed by atoms with Crippen molar-refractivity contribution in [3.63, 3.8) is 0 Å². The van der Waals surface area contributed by atoms with Gasteiger partial charge in [0, 0.05) is 30.9 Å². The molecule has 1 aromatic carbocycles. The molecule has 1 aromatic heterocycles. The summed E-state index contributed by atoms with van der Waals surface area (Å²) in [6, 6.07) is 11.2. The summed E-state index contributed by atoms with van der Waals surface area (Å²) in [6.07, 6.45) is 1.47. The minimum Gasteiger partial charge on any atom is -0.441 e. The number of benzene rings is 1. The fourth-order valence-corrected chi connectivity index (χ4v) is 2.49. The second-order valence-corrected chi connectivity index (χ2v) is 5.72. The minimum absolute atomic E-state index is 0.00125. The van der Waals surface area contributed by atoms with Crippen LogP contribution in [0, 0.1) is 25.2 Å². The molecule has 0 fully saturated rings. The molecule has 0 saturated carbocycles. The minimum atomic E-state index is -0.447. The maximum absolute atomic E-state index is 12.4. The Morgan fingerprint density at radius 3 is 2.60 bits per heavy atom. The summed E-state index contributed by atoms with van der Waals surface area (Å²) in [5.41, 5.74) is 2.76. The molecule has 2 rings (SSSR count). The van der Waals surface area contributed by atoms with Crippen molar-refractivity contribution in [2.75, 3.05) is 23.3 Å². The highest BCUT2D eigenvalue weighted by molar-refractivity contribution is 6.09. The quantitative estimate of drug-likeness (QED) is 0.630. The van der Waals surface area contributed by atoms with Crippen LogP contribution in [-0.2, 0) is 4.79 Å². The van der Waals surface area contributed by atoms with Crippen LogP contribution in [0.25, 0.3) is 6.08 Å². The predicted octanol–water partition coefficient (Wildman–Crippen LogP) is 4.29. The smallest absolute Gasteiger partial charge is 0.266 e. The van der Waals surface area contributed by atoms with Crippen molar-refractivity contribution in [1.82, 2.24) is 0 Å². The zero-order valence-corrected chi connectivity index (χ0v) is 15.1. The number of anilines is 2. The maximum atomic E-state index is 12.4. The van der Waals surface area contributed by atoms with Crippen molar-refractivity contribution < 1.29 is 9.21 Å². The first-order chi connectivity index (χ1) is 12.0. The van der Waals surface area contributed by atoms with Crippen molar-refractivity contribution >= 4 is 23.6 Å². The first-order valence-electron chi connectivity index (χ1n) is 8.34. The summed E-state index contributed by atoms with van der Waals surface area (Å²) in [5, 5.41) is 12.1. The number of carbonyl (C=O) groups excluding carboxylic acids is 1. The van der Waals surface area contributed by atoms with E-state index in [2.05, 4.69) is 10.2 Å². The molecule has 1 heterocycles. The maximum Gasteiger partial charge on any atom is 0.266 e. The van der Waals surface area contributed by atoms with E-state index < -0.39 is 5.91 Å². The molecule has 5 heteroatoms. The molecule has 130 valence electrons. The van der Waals surface area contributed by atoms with Crippen LogP contribution in [0.2, 0.25) is 0 Å². The fourth-order valence-electron chi connectivity index (χ4n) is 2.49. The van der Waals surface area contributed by atoms with Gasteiger partial charge in [0.1, 0.15) is 17.4 Å². The lowest BCUT2D eigenvalue weighted by atomic mass is 10.1. The molecule has 0 aliphatic carbocycles. The van der Waals surface area contributed by atoms with E-state index in [0.717, 1.165) is 30.1 Å². The van der Waals surface area contributed by atoms with Crippen molar-refractivity contribution in [2.24, 2.45) is 0 Å². The van der Waals surface area contributed by atoms with E-state index in [9.17, 15) is 10.1 Å². The molecule has 0 atom stereocenters. The van der Waals surface area contributed by atoms with Crippen LogP contribution in [-0.4, -0.2) is 19.0 Å². The predicted molar refractivity (Wildman–Crippen MR) is 100 cm³/mol. The molecule has 2 aromatic rings. The average Bonchev–Trinajstić information content (AvgIpc) is 3.06. The molecular formula is C20H23N3O2. The highest BCUT2D eigenvalue weighted by Gasteiger charge is 2.13. The van der Waals surface area contributed by atoms with E-state index in [4.69, 9.17) is 4.42 Å². The van der Waals surface area contributed by atoms with Gasteiger partial charge in [0.2, 0.25) is 0 Å². The third-order valence-corrected chi connectivity index (χ3v) is 4.19. The van der Waals surface area contributed by atoms with Gasteiger partial charge in [0.15, 0.2) is 5.88 Å². The summed E-state index contributed by atoms with van der Waals surface area (Å²) >= 11 is 0. The molecule has 25 heavy (non-hydrogen) atoms. The molecule has 0 aliphatic rings. The molecule has 0 radical (unpaired) electrons. The number of nitrogens with zero attached hydrogens (tertiary/aromatic N) is 2. The fraction of sp³-hybridized carbons (Fsp3) is 0.300. The number of hydrogen-bond donors (Lipinski definition) is 1. The summed E-state index contributed by atoms with van der Waals surface area (Å²) in [4.78, 5) is 14.5. The van der Waals surface area contributed by atoms with E-state index in [-0.39, 0.29) is 5.57 Å². The number of nitriles is 1. The Balaban J connectivity index is 2.21. The highest BCUT2D eigenvalue weighted by Crippen LogP contribution is 2.22. The Labute approximate surface area is 148 Å². The van der Waals surface area contributed by atoms with E-state index in [1.54, 1.807) is 6.07 Å². The Hall–Kier alpha value is -3.00. The number of furan rings is 1. The SMILES string of the molecule is CCN(CC)c1ccc(C=C(C#N)C(=O)Nc2cccc(C)c2C)o1. The van der Waals surface area contributed by atoms with Crippen LogP contribution in [0.3, 0.4) is 0 Å². The Kier molecular flexibility index (Phi) is 6.02. The van der Waals surface area contributed by atoms with Gasteiger partial charge in [0.05, 0.1) is 0 Å². The van der Waals surface area contributed by atoms with E-state index in [1.807, 2.05) is 58.0 Å². The number of rotatable bonds is 6. The molecule has 5 nitrogen and oxygen atoms in total. The standard InChI is InChI=1S/C20H23N3O2/c1-5-23(6-2)19-11-10-17(25-19)12-16(13-21)20(24)22-18-9-7-8-14(3)15(18)4/h7-12H,5-6H2,1-4H3,(H,22,24). The van der Waals surface area contributed by atoms with Crippen molar-refractivity contribution in [3.05, 3.63) is 52.8 Å². The second-order valence-electron chi connectivity index (χ2n) is 5.72. The molecule has 0 bridgehead atoms. The highest BCUT2D eigenvalue weighted by atomic mass is 16.4. The van der Waals surface area contributed by atoms with Gasteiger partial charge in [-0.25, -0.2) is 0 Å². The summed E-state index contributed by atoms with van der Waals surface area (Å²) in [6.45, 7) is 9.64. The third-order valence-electron chi connectivity index (χ3n) is 4.19. The van der Waals surface area contributed by atoms with Crippen LogP contribution in [0.4, 0.5) is 11.6 Å². The van der Waals surface area contributed by atoms with Gasteiger partial charge < -0.3 is 14.6 Å². The van der Waals surface area contributed by atoms with Gasteiger partial charge in [-0.2, -0.15) is 5.26 Å². The van der Waals surface area contributed by atoms with Crippen molar-refractivity contribution in [3.8, 4) is 6.07 Å². The first-order valence-corrected chi connectivity index (χ1v) is 8.34. The van der Waals surface area contributed by atoms with Gasteiger partial charge in [-0.05, 0) is 51.0 Å². The summed E-state index contributed by atoms with van der Waals surface area (Å²) in [5.74, 6) is 0.759. The van der Waals surface area contributed by atoms with Crippen molar-refractivity contribution in [2.45, 2.75) is 27.7 Å². The van der Waals surface area contributed by atoms with Crippen molar-refractivity contribution in [1.29, 1.82) is 5.26 Å². The zero-order valence-electron chi connectivity index (χ0n) is 15.1. The van der Waals surface area contributed by atoms with Crippen LogP contribution in [0.1, 0.15) is 30.7 Å². The number of nitrogens with one attached hydrogen (secondary N) is 1. The van der Waals surface area contributed by atoms with Gasteiger partial charge in [-0.1, -0.05) is 12.1 Å². The van der Waals surface area contributed by atoms with Gasteiger partial charge >= 0.3 is 0 Å². The van der Waals surface area contributed by atoms with Crippen LogP contribution in [0.5, 0.6) is 0 Å². The lowest BCUT2D eigenvalue weighted by Gasteiger charge is -2.16. The largest absolute Gasteiger partial charge is 0.441 e. The van der Waals surface area contributed by atoms with Crippen LogP contribution >= 0.6 is 0 Å². The van der Waals surface area contributed by atoms with Gasteiger partial charge in [-0.3, -0.25) is 4.79 Å². The van der Waals surface area contributed by atoms with E-state index in [0.29, 0.717) is 11.4 Å². The van der Waals surface area contributed by atoms with Gasteiger partial charge in [-0.15, -0.1) is 0 Å². The summed E-state index contributed by atoms with van der Waals surface area (Å²) < 4.78 is 5.72. The molecule has 1 amide bonds. The van der Waals surface area contributed by atoms with E-state index >= 15 is 0 Å². The molecule has 0 spiro atoms. The third kappa shape index (κ3) is 4.30. The van der Waals surface area contributed by atoms with Crippen LogP contribution in [0.15, 0.2) is 40.3 Å². The Morgan fingerprint density at radius 1 is 1.24 bits per heavy atom. The zero-order chi connectivity index (χ0) is 18.4. The topological polar surface area (TPSA) is 69.3 Å². The van der Waals surface area contributed by atoms with Crippen LogP contribution < -0.4 is 10.2 Å². The normalized spacial score (nSPS) is 11.1. The monoisotopic (exact) mass is 337 g/mol. The Morgan fingerprint density at radius 2 is 1.96 bits per heavy atom. The number of aryl methyl sites for hydroxylation is 1. The lowest BCUT2D eigenvalue weighted by molar-refractivity contribution is -0.112. The Bertz CT molecular complexity index is 824. The molecule has 0 saturated heterocycles. The number of amides is 1. The summed E-state index contributed by atoms with van der Waals surface area (Å²) in [7, 11) is 0. The van der Waals surface area contributed by atoms with E-state index in [1.165, 1.54) is 6.08 Å². The molecular weight excluding hydrogens is 314 g/mol. The number of carbonyl (C=O) groups is 1. The first kappa shape index (κ1) is 18.3.